The smallest absolute Gasteiger partial charge is 0.422 e. The molecule has 0 atom stereocenters. The van der Waals surface area contributed by atoms with Crippen molar-refractivity contribution in [1.29, 1.82) is 0 Å². The maximum absolute atomic E-state index is 12.1. The SMILES string of the molecule is C=CCCCCc1ccc(-c2ccc(OCC(F)(F)F)cc2)cc1. The molecule has 0 amide bonds. The summed E-state index contributed by atoms with van der Waals surface area (Å²) in [7, 11) is 0. The van der Waals surface area contributed by atoms with Crippen molar-refractivity contribution in [1.82, 2.24) is 0 Å². The summed E-state index contributed by atoms with van der Waals surface area (Å²) in [6.45, 7) is 2.44. The number of allylic oxidation sites excluding steroid dienone is 1. The lowest BCUT2D eigenvalue weighted by molar-refractivity contribution is -0.153. The fourth-order valence-electron chi connectivity index (χ4n) is 2.39. The predicted octanol–water partition coefficient (Wildman–Crippen LogP) is 6.19. The van der Waals surface area contributed by atoms with Gasteiger partial charge in [-0.1, -0.05) is 42.5 Å². The predicted molar refractivity (Wildman–Crippen MR) is 91.2 cm³/mol. The van der Waals surface area contributed by atoms with Crippen molar-refractivity contribution in [3.63, 3.8) is 0 Å². The van der Waals surface area contributed by atoms with Gasteiger partial charge >= 0.3 is 6.18 Å². The van der Waals surface area contributed by atoms with E-state index in [-0.39, 0.29) is 5.75 Å². The lowest BCUT2D eigenvalue weighted by atomic mass is 10.0. The number of ether oxygens (including phenoxy) is 1. The first-order valence-electron chi connectivity index (χ1n) is 7.98. The molecule has 2 aromatic carbocycles. The van der Waals surface area contributed by atoms with Crippen LogP contribution in [0.15, 0.2) is 61.2 Å². The van der Waals surface area contributed by atoms with Crippen LogP contribution >= 0.6 is 0 Å². The molecule has 0 aliphatic rings. The first-order valence-corrected chi connectivity index (χ1v) is 7.98. The van der Waals surface area contributed by atoms with Gasteiger partial charge in [0.15, 0.2) is 6.61 Å². The Morgan fingerprint density at radius 2 is 1.46 bits per heavy atom. The third-order valence-electron chi connectivity index (χ3n) is 3.67. The van der Waals surface area contributed by atoms with Crippen LogP contribution < -0.4 is 4.74 Å². The van der Waals surface area contributed by atoms with Gasteiger partial charge in [0.1, 0.15) is 5.75 Å². The van der Waals surface area contributed by atoms with Crippen molar-refractivity contribution < 1.29 is 17.9 Å². The minimum absolute atomic E-state index is 0.218. The third-order valence-corrected chi connectivity index (χ3v) is 3.67. The molecule has 0 heterocycles. The summed E-state index contributed by atoms with van der Waals surface area (Å²) in [5, 5.41) is 0. The third kappa shape index (κ3) is 6.11. The van der Waals surface area contributed by atoms with Gasteiger partial charge in [-0.25, -0.2) is 0 Å². The van der Waals surface area contributed by atoms with E-state index < -0.39 is 12.8 Å². The van der Waals surface area contributed by atoms with E-state index >= 15 is 0 Å². The Labute approximate surface area is 140 Å². The number of benzene rings is 2. The van der Waals surface area contributed by atoms with Crippen LogP contribution in [0.4, 0.5) is 13.2 Å². The van der Waals surface area contributed by atoms with E-state index in [1.54, 1.807) is 24.3 Å². The van der Waals surface area contributed by atoms with Crippen LogP contribution in [0.3, 0.4) is 0 Å². The number of alkyl halides is 3. The Hall–Kier alpha value is -2.23. The van der Waals surface area contributed by atoms with E-state index in [2.05, 4.69) is 18.7 Å². The number of aryl methyl sites for hydroxylation is 1. The summed E-state index contributed by atoms with van der Waals surface area (Å²) in [4.78, 5) is 0. The number of hydrogen-bond acceptors (Lipinski definition) is 1. The molecule has 0 saturated heterocycles. The van der Waals surface area contributed by atoms with E-state index in [4.69, 9.17) is 4.74 Å². The molecule has 0 bridgehead atoms. The number of hydrogen-bond donors (Lipinski definition) is 0. The quantitative estimate of drug-likeness (QED) is 0.413. The molecule has 0 saturated carbocycles. The summed E-state index contributed by atoms with van der Waals surface area (Å²) >= 11 is 0. The zero-order valence-electron chi connectivity index (χ0n) is 13.5. The first kappa shape index (κ1) is 18.1. The Morgan fingerprint density at radius 1 is 0.875 bits per heavy atom. The summed E-state index contributed by atoms with van der Waals surface area (Å²) in [5.41, 5.74) is 3.27. The van der Waals surface area contributed by atoms with Gasteiger partial charge in [-0.3, -0.25) is 0 Å². The Bertz CT molecular complexity index is 627. The van der Waals surface area contributed by atoms with Crippen molar-refractivity contribution in [2.75, 3.05) is 6.61 Å². The van der Waals surface area contributed by atoms with Gasteiger partial charge in [0, 0.05) is 0 Å². The van der Waals surface area contributed by atoms with Crippen molar-refractivity contribution >= 4 is 0 Å². The maximum atomic E-state index is 12.1. The molecule has 24 heavy (non-hydrogen) atoms. The van der Waals surface area contributed by atoms with Crippen LogP contribution in [-0.4, -0.2) is 12.8 Å². The molecule has 0 aromatic heterocycles. The van der Waals surface area contributed by atoms with Gasteiger partial charge in [-0.05, 0) is 54.5 Å². The van der Waals surface area contributed by atoms with Crippen LogP contribution in [0.25, 0.3) is 11.1 Å². The highest BCUT2D eigenvalue weighted by Crippen LogP contribution is 2.24. The highest BCUT2D eigenvalue weighted by Gasteiger charge is 2.28. The molecule has 0 spiro atoms. The number of rotatable bonds is 8. The summed E-state index contributed by atoms with van der Waals surface area (Å²) in [6.07, 6.45) is 1.98. The average molecular weight is 334 g/mol. The fraction of sp³-hybridized carbons (Fsp3) is 0.300. The highest BCUT2D eigenvalue weighted by atomic mass is 19.4. The maximum Gasteiger partial charge on any atom is 0.422 e. The van der Waals surface area contributed by atoms with Crippen molar-refractivity contribution in [3.8, 4) is 16.9 Å². The average Bonchev–Trinajstić information content (AvgIpc) is 2.57. The number of halogens is 3. The Morgan fingerprint density at radius 3 is 2.00 bits per heavy atom. The summed E-state index contributed by atoms with van der Waals surface area (Å²) in [6, 6.07) is 14.9. The van der Waals surface area contributed by atoms with E-state index in [9.17, 15) is 13.2 Å². The second-order valence-electron chi connectivity index (χ2n) is 5.66. The second-order valence-corrected chi connectivity index (χ2v) is 5.66. The molecule has 0 fully saturated rings. The van der Waals surface area contributed by atoms with Crippen molar-refractivity contribution in [3.05, 3.63) is 66.7 Å². The van der Waals surface area contributed by atoms with Crippen LogP contribution in [0.2, 0.25) is 0 Å². The van der Waals surface area contributed by atoms with Gasteiger partial charge in [-0.2, -0.15) is 13.2 Å². The molecular weight excluding hydrogens is 313 g/mol. The van der Waals surface area contributed by atoms with Gasteiger partial charge in [0.05, 0.1) is 0 Å². The Kier molecular flexibility index (Phi) is 6.47. The van der Waals surface area contributed by atoms with E-state index in [0.717, 1.165) is 36.8 Å². The second kappa shape index (κ2) is 8.57. The highest BCUT2D eigenvalue weighted by molar-refractivity contribution is 5.64. The van der Waals surface area contributed by atoms with Gasteiger partial charge in [0.2, 0.25) is 0 Å². The molecule has 128 valence electrons. The van der Waals surface area contributed by atoms with Gasteiger partial charge in [-0.15, -0.1) is 6.58 Å². The Balaban J connectivity index is 1.92. The lowest BCUT2D eigenvalue weighted by Crippen LogP contribution is -2.19. The van der Waals surface area contributed by atoms with Crippen LogP contribution in [0.5, 0.6) is 5.75 Å². The molecule has 2 rings (SSSR count). The van der Waals surface area contributed by atoms with Crippen molar-refractivity contribution in [2.45, 2.75) is 31.9 Å². The van der Waals surface area contributed by atoms with Gasteiger partial charge < -0.3 is 4.74 Å². The fourth-order valence-corrected chi connectivity index (χ4v) is 2.39. The molecule has 0 N–H and O–H groups in total. The van der Waals surface area contributed by atoms with Crippen LogP contribution in [-0.2, 0) is 6.42 Å². The molecule has 0 radical (unpaired) electrons. The minimum atomic E-state index is -4.32. The van der Waals surface area contributed by atoms with Crippen LogP contribution in [0.1, 0.15) is 24.8 Å². The van der Waals surface area contributed by atoms with Crippen LogP contribution in [0, 0.1) is 0 Å². The molecule has 4 heteroatoms. The van der Waals surface area contributed by atoms with E-state index in [0.29, 0.717) is 0 Å². The van der Waals surface area contributed by atoms with Crippen molar-refractivity contribution in [2.24, 2.45) is 0 Å². The monoisotopic (exact) mass is 334 g/mol. The van der Waals surface area contributed by atoms with Gasteiger partial charge in [0.25, 0.3) is 0 Å². The standard InChI is InChI=1S/C20H21F3O/c1-2-3-4-5-6-16-7-9-17(10-8-16)18-11-13-19(14-12-18)24-15-20(21,22)23/h2,7-14H,1,3-6,15H2. The molecular formula is C20H21F3O. The number of unbranched alkanes of at least 4 members (excludes halogenated alkanes) is 2. The molecule has 0 aliphatic carbocycles. The molecule has 2 aromatic rings. The summed E-state index contributed by atoms with van der Waals surface area (Å²) < 4.78 is 41.1. The van der Waals surface area contributed by atoms with E-state index in [1.165, 1.54) is 5.56 Å². The molecule has 1 nitrogen and oxygen atoms in total. The molecule has 0 aliphatic heterocycles. The normalized spacial score (nSPS) is 11.3. The van der Waals surface area contributed by atoms with E-state index in [1.807, 2.05) is 18.2 Å². The first-order chi connectivity index (χ1) is 11.5. The zero-order valence-corrected chi connectivity index (χ0v) is 13.5. The largest absolute Gasteiger partial charge is 0.484 e. The topological polar surface area (TPSA) is 9.23 Å². The zero-order chi connectivity index (χ0) is 17.4. The molecule has 0 unspecified atom stereocenters. The summed E-state index contributed by atoms with van der Waals surface area (Å²) in [5.74, 6) is 0.218. The minimum Gasteiger partial charge on any atom is -0.484 e. The lowest BCUT2D eigenvalue weighted by Gasteiger charge is -2.10.